The van der Waals surface area contributed by atoms with E-state index < -0.39 is 6.04 Å². The first-order valence-corrected chi connectivity index (χ1v) is 11.1. The van der Waals surface area contributed by atoms with Gasteiger partial charge in [0.05, 0.1) is 4.47 Å². The Labute approximate surface area is 191 Å². The first kappa shape index (κ1) is 24.2. The average Bonchev–Trinajstić information content (AvgIpc) is 2.71. The van der Waals surface area contributed by atoms with Crippen LogP contribution in [-0.2, 0) is 16.1 Å². The van der Waals surface area contributed by atoms with Crippen molar-refractivity contribution in [1.82, 2.24) is 10.2 Å². The molecule has 0 aliphatic heterocycles. The van der Waals surface area contributed by atoms with E-state index in [1.165, 1.54) is 10.5 Å². The van der Waals surface area contributed by atoms with E-state index in [4.69, 9.17) is 16.3 Å². The molecule has 7 heteroatoms. The number of likely N-dealkylation sites (N-methyl/N-ethyl adjacent to an activating group) is 1. The molecule has 0 aromatic heterocycles. The van der Waals surface area contributed by atoms with Gasteiger partial charge in [-0.2, -0.15) is 0 Å². The minimum absolute atomic E-state index is 0.187. The molecule has 5 nitrogen and oxygen atoms in total. The Hall–Kier alpha value is -2.05. The van der Waals surface area contributed by atoms with Crippen LogP contribution in [0.1, 0.15) is 44.7 Å². The number of hydrogen-bond acceptors (Lipinski definition) is 3. The number of benzene rings is 2. The van der Waals surface area contributed by atoms with Crippen molar-refractivity contribution in [2.45, 2.75) is 46.2 Å². The first-order valence-electron chi connectivity index (χ1n) is 9.97. The SMILES string of the molecule is CCNC(=O)[C@H](C)N(Cc1ccccc1Cl)C(=O)COc1ccc(C(C)C)cc1Br. The van der Waals surface area contributed by atoms with Crippen molar-refractivity contribution in [2.24, 2.45) is 0 Å². The Kier molecular flexibility index (Phi) is 9.18. The van der Waals surface area contributed by atoms with Crippen LogP contribution in [0.25, 0.3) is 0 Å². The van der Waals surface area contributed by atoms with Gasteiger partial charge in [-0.3, -0.25) is 9.59 Å². The van der Waals surface area contributed by atoms with Crippen LogP contribution in [0.3, 0.4) is 0 Å². The van der Waals surface area contributed by atoms with Gasteiger partial charge in [-0.05, 0) is 65.0 Å². The van der Waals surface area contributed by atoms with E-state index in [-0.39, 0.29) is 25.0 Å². The van der Waals surface area contributed by atoms with Crippen LogP contribution >= 0.6 is 27.5 Å². The normalized spacial score (nSPS) is 11.8. The minimum Gasteiger partial charge on any atom is -0.483 e. The summed E-state index contributed by atoms with van der Waals surface area (Å²) in [7, 11) is 0. The maximum Gasteiger partial charge on any atom is 0.261 e. The van der Waals surface area contributed by atoms with Gasteiger partial charge in [-0.15, -0.1) is 0 Å². The summed E-state index contributed by atoms with van der Waals surface area (Å²) >= 11 is 9.78. The Morgan fingerprint density at radius 1 is 1.17 bits per heavy atom. The topological polar surface area (TPSA) is 58.6 Å². The molecular weight excluding hydrogens is 468 g/mol. The van der Waals surface area contributed by atoms with E-state index in [2.05, 4.69) is 35.1 Å². The van der Waals surface area contributed by atoms with Crippen molar-refractivity contribution in [3.8, 4) is 5.75 Å². The lowest BCUT2D eigenvalue weighted by atomic mass is 10.0. The van der Waals surface area contributed by atoms with Gasteiger partial charge in [0.25, 0.3) is 5.91 Å². The molecule has 0 aliphatic carbocycles. The zero-order valence-corrected chi connectivity index (χ0v) is 20.1. The number of nitrogens with one attached hydrogen (secondary N) is 1. The number of nitrogens with zero attached hydrogens (tertiary/aromatic N) is 1. The fraction of sp³-hybridized carbons (Fsp3) is 0.391. The molecule has 162 valence electrons. The second-order valence-electron chi connectivity index (χ2n) is 7.32. The third-order valence-electron chi connectivity index (χ3n) is 4.79. The van der Waals surface area contributed by atoms with E-state index in [0.717, 1.165) is 10.0 Å². The predicted octanol–water partition coefficient (Wildman–Crippen LogP) is 5.16. The van der Waals surface area contributed by atoms with E-state index in [0.29, 0.717) is 23.2 Å². The summed E-state index contributed by atoms with van der Waals surface area (Å²) in [6.45, 7) is 8.28. The Bertz CT molecular complexity index is 889. The molecule has 0 saturated carbocycles. The second kappa shape index (κ2) is 11.4. The van der Waals surface area contributed by atoms with E-state index in [1.807, 2.05) is 43.3 Å². The molecule has 2 aromatic rings. The molecule has 0 aliphatic rings. The molecule has 2 rings (SSSR count). The van der Waals surface area contributed by atoms with Crippen molar-refractivity contribution in [3.63, 3.8) is 0 Å². The molecule has 0 unspecified atom stereocenters. The van der Waals surface area contributed by atoms with Crippen LogP contribution in [0, 0.1) is 0 Å². The summed E-state index contributed by atoms with van der Waals surface area (Å²) in [6.07, 6.45) is 0. The monoisotopic (exact) mass is 494 g/mol. The van der Waals surface area contributed by atoms with Crippen molar-refractivity contribution < 1.29 is 14.3 Å². The Morgan fingerprint density at radius 3 is 2.47 bits per heavy atom. The molecule has 2 aromatic carbocycles. The van der Waals surface area contributed by atoms with Gasteiger partial charge in [-0.1, -0.05) is 49.7 Å². The molecule has 1 N–H and O–H groups in total. The van der Waals surface area contributed by atoms with Crippen LogP contribution in [0.2, 0.25) is 5.02 Å². The molecule has 30 heavy (non-hydrogen) atoms. The highest BCUT2D eigenvalue weighted by molar-refractivity contribution is 9.10. The van der Waals surface area contributed by atoms with Crippen LogP contribution in [-0.4, -0.2) is 35.9 Å². The summed E-state index contributed by atoms with van der Waals surface area (Å²) in [4.78, 5) is 26.9. The van der Waals surface area contributed by atoms with Gasteiger partial charge in [0.15, 0.2) is 6.61 Å². The van der Waals surface area contributed by atoms with Gasteiger partial charge in [0.2, 0.25) is 5.91 Å². The lowest BCUT2D eigenvalue weighted by molar-refractivity contribution is -0.142. The molecule has 0 saturated heterocycles. The number of halogens is 2. The van der Waals surface area contributed by atoms with Crippen molar-refractivity contribution >= 4 is 39.3 Å². The third kappa shape index (κ3) is 6.47. The first-order chi connectivity index (χ1) is 14.2. The molecule has 0 heterocycles. The van der Waals surface area contributed by atoms with Crippen LogP contribution in [0.5, 0.6) is 5.75 Å². The average molecular weight is 496 g/mol. The number of ether oxygens (including phenoxy) is 1. The number of carbonyl (C=O) groups is 2. The maximum absolute atomic E-state index is 13.0. The van der Waals surface area contributed by atoms with Crippen LogP contribution in [0.15, 0.2) is 46.9 Å². The van der Waals surface area contributed by atoms with Gasteiger partial charge in [-0.25, -0.2) is 0 Å². The van der Waals surface area contributed by atoms with Crippen LogP contribution < -0.4 is 10.1 Å². The zero-order chi connectivity index (χ0) is 22.3. The highest BCUT2D eigenvalue weighted by Crippen LogP contribution is 2.29. The fourth-order valence-corrected chi connectivity index (χ4v) is 3.64. The van der Waals surface area contributed by atoms with Crippen LogP contribution in [0.4, 0.5) is 0 Å². The smallest absolute Gasteiger partial charge is 0.261 e. The molecular formula is C23H28BrClN2O3. The van der Waals surface area contributed by atoms with E-state index >= 15 is 0 Å². The number of hydrogen-bond donors (Lipinski definition) is 1. The zero-order valence-electron chi connectivity index (χ0n) is 17.7. The summed E-state index contributed by atoms with van der Waals surface area (Å²) in [6, 6.07) is 12.4. The summed E-state index contributed by atoms with van der Waals surface area (Å²) in [5.41, 5.74) is 1.94. The number of rotatable bonds is 9. The summed E-state index contributed by atoms with van der Waals surface area (Å²) in [5, 5.41) is 3.31. The molecule has 2 amide bonds. The molecule has 0 bridgehead atoms. The van der Waals surface area contributed by atoms with E-state index in [1.54, 1.807) is 13.0 Å². The second-order valence-corrected chi connectivity index (χ2v) is 8.58. The summed E-state index contributed by atoms with van der Waals surface area (Å²) < 4.78 is 6.56. The van der Waals surface area contributed by atoms with Crippen molar-refractivity contribution in [1.29, 1.82) is 0 Å². The van der Waals surface area contributed by atoms with Gasteiger partial charge < -0.3 is 15.0 Å². The Balaban J connectivity index is 2.17. The number of carbonyl (C=O) groups excluding carboxylic acids is 2. The molecule has 0 fully saturated rings. The highest BCUT2D eigenvalue weighted by Gasteiger charge is 2.27. The summed E-state index contributed by atoms with van der Waals surface area (Å²) in [5.74, 6) is 0.450. The Morgan fingerprint density at radius 2 is 1.87 bits per heavy atom. The van der Waals surface area contributed by atoms with Crippen molar-refractivity contribution in [3.05, 3.63) is 63.1 Å². The largest absolute Gasteiger partial charge is 0.483 e. The molecule has 1 atom stereocenters. The highest BCUT2D eigenvalue weighted by atomic mass is 79.9. The third-order valence-corrected chi connectivity index (χ3v) is 5.78. The maximum atomic E-state index is 13.0. The van der Waals surface area contributed by atoms with E-state index in [9.17, 15) is 9.59 Å². The van der Waals surface area contributed by atoms with Gasteiger partial charge >= 0.3 is 0 Å². The minimum atomic E-state index is -0.663. The fourth-order valence-electron chi connectivity index (χ4n) is 2.93. The number of amides is 2. The van der Waals surface area contributed by atoms with Gasteiger partial charge in [0.1, 0.15) is 11.8 Å². The molecule has 0 radical (unpaired) electrons. The predicted molar refractivity (Wildman–Crippen MR) is 124 cm³/mol. The molecule has 0 spiro atoms. The lowest BCUT2D eigenvalue weighted by Crippen LogP contribution is -2.49. The van der Waals surface area contributed by atoms with Crippen molar-refractivity contribution in [2.75, 3.05) is 13.2 Å². The lowest BCUT2D eigenvalue weighted by Gasteiger charge is -2.29. The standard InChI is InChI=1S/C23H28BrClN2O3/c1-5-26-23(29)16(4)27(13-18-8-6-7-9-20(18)25)22(28)14-30-21-11-10-17(15(2)3)12-19(21)24/h6-12,15-16H,5,13-14H2,1-4H3,(H,26,29)/t16-/m0/s1. The quantitative estimate of drug-likeness (QED) is 0.523. The van der Waals surface area contributed by atoms with Gasteiger partial charge in [0, 0.05) is 18.1 Å².